The lowest BCUT2D eigenvalue weighted by atomic mass is 9.96. The van der Waals surface area contributed by atoms with Crippen LogP contribution in [0.2, 0.25) is 0 Å². The highest BCUT2D eigenvalue weighted by molar-refractivity contribution is 7.89. The smallest absolute Gasteiger partial charge is 0.303 e. The summed E-state index contributed by atoms with van der Waals surface area (Å²) >= 11 is 0. The van der Waals surface area contributed by atoms with Crippen molar-refractivity contribution < 1.29 is 103 Å². The van der Waals surface area contributed by atoms with Crippen molar-refractivity contribution in [3.8, 4) is 0 Å². The maximum Gasteiger partial charge on any atom is 0.303 e. The summed E-state index contributed by atoms with van der Waals surface area (Å²) < 4.78 is 59.6. The molecule has 15 atom stereocenters. The number of amides is 1. The minimum Gasteiger partial charge on any atom is -0.481 e. The topological polar surface area (TPSA) is 370 Å². The first-order valence-electron chi connectivity index (χ1n) is 17.0. The molecule has 0 aliphatic carbocycles. The van der Waals surface area contributed by atoms with Crippen molar-refractivity contribution >= 4 is 21.9 Å². The van der Waals surface area contributed by atoms with E-state index in [4.69, 9.17) is 33.5 Å². The van der Waals surface area contributed by atoms with Gasteiger partial charge in [-0.2, -0.15) is 0 Å². The van der Waals surface area contributed by atoms with Crippen LogP contribution in [0.4, 0.5) is 0 Å². The van der Waals surface area contributed by atoms with Crippen molar-refractivity contribution in [2.24, 2.45) is 0 Å². The highest BCUT2D eigenvalue weighted by Crippen LogP contribution is 2.31. The highest BCUT2D eigenvalue weighted by atomic mass is 32.2. The third-order valence-electron chi connectivity index (χ3n) is 8.75. The van der Waals surface area contributed by atoms with E-state index in [-0.39, 0.29) is 26.1 Å². The van der Waals surface area contributed by atoms with E-state index in [0.717, 1.165) is 0 Å². The number of aliphatic carboxylic acids is 1. The first-order valence-corrected chi connectivity index (χ1v) is 18.6. The van der Waals surface area contributed by atoms with Gasteiger partial charge < -0.3 is 89.9 Å². The van der Waals surface area contributed by atoms with Gasteiger partial charge in [-0.3, -0.25) is 9.59 Å². The molecule has 0 aromatic heterocycles. The van der Waals surface area contributed by atoms with Crippen LogP contribution in [0, 0.1) is 0 Å². The second kappa shape index (κ2) is 21.5. The molecule has 3 aliphatic heterocycles. The molecule has 1 amide bonds. The minimum atomic E-state index is -3.80. The zero-order chi connectivity index (χ0) is 39.5. The number of ether oxygens (including phenoxy) is 6. The number of carboxylic acid groups (broad SMARTS) is 1. The van der Waals surface area contributed by atoms with Crippen molar-refractivity contribution in [3.05, 3.63) is 0 Å². The predicted octanol–water partition coefficient (Wildman–Crippen LogP) is -7.48. The van der Waals surface area contributed by atoms with Crippen LogP contribution < -0.4 is 10.0 Å². The molecule has 24 heteroatoms. The molecule has 0 spiro atoms. The molecule has 3 heterocycles. The predicted molar refractivity (Wildman–Crippen MR) is 171 cm³/mol. The Morgan fingerprint density at radius 1 is 0.623 bits per heavy atom. The van der Waals surface area contributed by atoms with Gasteiger partial charge in [0.25, 0.3) is 0 Å². The van der Waals surface area contributed by atoms with Gasteiger partial charge in [0.15, 0.2) is 18.9 Å². The lowest BCUT2D eigenvalue weighted by Gasteiger charge is -2.46. The number of nitrogens with one attached hydrogen (secondary N) is 2. The average molecular weight is 797 g/mol. The van der Waals surface area contributed by atoms with Gasteiger partial charge in [0.05, 0.1) is 32.2 Å². The fourth-order valence-electron chi connectivity index (χ4n) is 5.63. The van der Waals surface area contributed by atoms with E-state index in [1.54, 1.807) is 0 Å². The SMILES string of the molecule is O=C(O)CCCCCNS(=O)(=O)CCC(=O)NCCO[C@@H]1O[C@H](CO[C@H]2O[C@H](CO)[C@@H](O)[C@H](O)[C@@H]2O)[C@@H](O)[C@H](O[C@H]2O[C@H](CO)[C@@H](O)[C@H](O)[C@@H]2O)[C@@H]1O. The van der Waals surface area contributed by atoms with Crippen molar-refractivity contribution in [1.29, 1.82) is 0 Å². The quantitative estimate of drug-likeness (QED) is 0.0480. The fraction of sp³-hybridized carbons (Fsp3) is 0.931. The summed E-state index contributed by atoms with van der Waals surface area (Å²) in [5.74, 6) is -2.16. The Morgan fingerprint density at radius 2 is 1.19 bits per heavy atom. The van der Waals surface area contributed by atoms with Crippen LogP contribution in [0.15, 0.2) is 0 Å². The summed E-state index contributed by atoms with van der Waals surface area (Å²) in [7, 11) is -3.80. The standard InChI is InChI=1S/C29H52N2O21S/c32-10-13-18(37)21(40)23(42)27(49-13)48-12-15-20(39)26(52-29-24(43)22(41)19(38)14(11-33)50-29)25(44)28(51-15)47-8-7-30-16(34)5-9-53(45,46)31-6-3-1-2-4-17(35)36/h13-15,18-29,31-33,37-44H,1-12H2,(H,30,34)(H,35,36)/t13-,14-,15-,18-,19-,20-,21+,22+,23+,24+,25+,26+,27+,28-,29-/m1/s1. The van der Waals surface area contributed by atoms with Gasteiger partial charge in [0.2, 0.25) is 15.9 Å². The van der Waals surface area contributed by atoms with Crippen molar-refractivity contribution in [3.63, 3.8) is 0 Å². The van der Waals surface area contributed by atoms with Gasteiger partial charge >= 0.3 is 5.97 Å². The Bertz CT molecular complexity index is 1230. The van der Waals surface area contributed by atoms with E-state index in [2.05, 4.69) is 10.0 Å². The zero-order valence-corrected chi connectivity index (χ0v) is 29.4. The summed E-state index contributed by atoms with van der Waals surface area (Å²) in [6.07, 6.45) is -24.9. The maximum atomic E-state index is 12.3. The summed E-state index contributed by atoms with van der Waals surface area (Å²) in [6.45, 7) is -2.76. The molecule has 0 aromatic rings. The molecule has 23 nitrogen and oxygen atoms in total. The van der Waals surface area contributed by atoms with Gasteiger partial charge in [-0.05, 0) is 12.8 Å². The average Bonchev–Trinajstić information content (AvgIpc) is 3.12. The van der Waals surface area contributed by atoms with E-state index in [9.17, 15) is 69.1 Å². The molecule has 310 valence electrons. The number of unbranched alkanes of at least 4 members (excludes halogenated alkanes) is 2. The van der Waals surface area contributed by atoms with E-state index < -0.39 is 146 Å². The van der Waals surface area contributed by atoms with Crippen LogP contribution in [0.3, 0.4) is 0 Å². The van der Waals surface area contributed by atoms with Crippen molar-refractivity contribution in [2.75, 3.05) is 45.3 Å². The third kappa shape index (κ3) is 13.1. The lowest BCUT2D eigenvalue weighted by Crippen LogP contribution is -2.65. The third-order valence-corrected chi connectivity index (χ3v) is 10.1. The van der Waals surface area contributed by atoms with Crippen LogP contribution >= 0.6 is 0 Å². The zero-order valence-electron chi connectivity index (χ0n) is 28.6. The molecule has 13 N–H and O–H groups in total. The molecule has 0 radical (unpaired) electrons. The first-order chi connectivity index (χ1) is 25.0. The summed E-state index contributed by atoms with van der Waals surface area (Å²) in [5, 5.41) is 113. The van der Waals surface area contributed by atoms with Crippen LogP contribution in [-0.4, -0.2) is 214 Å². The largest absolute Gasteiger partial charge is 0.481 e. The van der Waals surface area contributed by atoms with E-state index >= 15 is 0 Å². The molecular weight excluding hydrogens is 744 g/mol. The maximum absolute atomic E-state index is 12.3. The molecular formula is C29H52N2O21S. The Balaban J connectivity index is 1.59. The fourth-order valence-corrected chi connectivity index (χ4v) is 6.68. The monoisotopic (exact) mass is 796 g/mol. The number of hydrogen-bond donors (Lipinski definition) is 13. The molecule has 0 unspecified atom stereocenters. The summed E-state index contributed by atoms with van der Waals surface area (Å²) in [4.78, 5) is 22.8. The summed E-state index contributed by atoms with van der Waals surface area (Å²) in [6, 6.07) is 0. The van der Waals surface area contributed by atoms with E-state index in [1.807, 2.05) is 0 Å². The van der Waals surface area contributed by atoms with Crippen molar-refractivity contribution in [2.45, 2.75) is 124 Å². The molecule has 0 saturated carbocycles. The number of aliphatic hydroxyl groups is 10. The molecule has 0 aromatic carbocycles. The number of carboxylic acids is 1. The van der Waals surface area contributed by atoms with Crippen LogP contribution in [0.5, 0.6) is 0 Å². The van der Waals surface area contributed by atoms with Gasteiger partial charge in [0.1, 0.15) is 73.2 Å². The minimum absolute atomic E-state index is 0.0263. The van der Waals surface area contributed by atoms with Gasteiger partial charge in [-0.1, -0.05) is 6.42 Å². The van der Waals surface area contributed by atoms with Gasteiger partial charge in [0, 0.05) is 25.9 Å². The number of carbonyl (C=O) groups is 2. The second-order valence-electron chi connectivity index (χ2n) is 12.7. The normalized spacial score (nSPS) is 38.0. The van der Waals surface area contributed by atoms with E-state index in [0.29, 0.717) is 19.3 Å². The number of sulfonamides is 1. The molecule has 3 saturated heterocycles. The lowest BCUT2D eigenvalue weighted by molar-refractivity contribution is -0.366. The molecule has 3 rings (SSSR count). The van der Waals surface area contributed by atoms with Gasteiger partial charge in [-0.25, -0.2) is 13.1 Å². The second-order valence-corrected chi connectivity index (χ2v) is 14.7. The van der Waals surface area contributed by atoms with Crippen LogP contribution in [0.1, 0.15) is 32.1 Å². The number of hydrogen-bond acceptors (Lipinski definition) is 20. The van der Waals surface area contributed by atoms with Crippen LogP contribution in [-0.2, 0) is 48.0 Å². The highest BCUT2D eigenvalue weighted by Gasteiger charge is 2.52. The van der Waals surface area contributed by atoms with Gasteiger partial charge in [-0.15, -0.1) is 0 Å². The Labute approximate surface area is 304 Å². The van der Waals surface area contributed by atoms with Crippen molar-refractivity contribution in [1.82, 2.24) is 10.0 Å². The number of rotatable bonds is 21. The number of aliphatic hydroxyl groups excluding tert-OH is 10. The number of carbonyl (C=O) groups excluding carboxylic acids is 1. The molecule has 53 heavy (non-hydrogen) atoms. The Kier molecular flexibility index (Phi) is 18.5. The molecule has 0 bridgehead atoms. The Hall–Kier alpha value is -1.79. The van der Waals surface area contributed by atoms with E-state index in [1.165, 1.54) is 0 Å². The summed E-state index contributed by atoms with van der Waals surface area (Å²) in [5.41, 5.74) is 0. The molecule has 3 aliphatic rings. The van der Waals surface area contributed by atoms with Crippen LogP contribution in [0.25, 0.3) is 0 Å². The Morgan fingerprint density at radius 3 is 1.79 bits per heavy atom. The molecule has 3 fully saturated rings. The first kappa shape index (κ1) is 45.6.